The van der Waals surface area contributed by atoms with Crippen molar-refractivity contribution in [3.05, 3.63) is 18.0 Å². The van der Waals surface area contributed by atoms with Crippen LogP contribution in [0.1, 0.15) is 50.1 Å². The molecule has 0 bridgehead atoms. The van der Waals surface area contributed by atoms with Crippen molar-refractivity contribution >= 4 is 11.8 Å². The van der Waals surface area contributed by atoms with Crippen LogP contribution < -0.4 is 0 Å². The van der Waals surface area contributed by atoms with E-state index in [1.807, 2.05) is 18.0 Å². The molecule has 5 nitrogen and oxygen atoms in total. The molecule has 26 heavy (non-hydrogen) atoms. The maximum Gasteiger partial charge on any atom is 0.187 e. The zero-order chi connectivity index (χ0) is 17.6. The van der Waals surface area contributed by atoms with E-state index in [1.165, 1.54) is 70.4 Å². The summed E-state index contributed by atoms with van der Waals surface area (Å²) in [6.07, 6.45) is 9.61. The Kier molecular flexibility index (Phi) is 6.81. The number of rotatable bonds is 6. The van der Waals surface area contributed by atoms with Crippen LogP contribution in [0.5, 0.6) is 0 Å². The molecule has 0 N–H and O–H groups in total. The molecule has 0 unspecified atom stereocenters. The van der Waals surface area contributed by atoms with E-state index in [2.05, 4.69) is 20.9 Å². The minimum absolute atomic E-state index is 0.563. The van der Waals surface area contributed by atoms with E-state index in [0.717, 1.165) is 30.7 Å². The van der Waals surface area contributed by atoms with Crippen molar-refractivity contribution in [1.29, 1.82) is 0 Å². The molecule has 1 atom stereocenters. The summed E-state index contributed by atoms with van der Waals surface area (Å²) in [4.78, 5) is 14.7. The summed E-state index contributed by atoms with van der Waals surface area (Å²) in [6, 6.07) is 2.85. The third-order valence-corrected chi connectivity index (χ3v) is 6.91. The van der Waals surface area contributed by atoms with Gasteiger partial charge < -0.3 is 9.64 Å². The number of ether oxygens (including phenoxy) is 1. The van der Waals surface area contributed by atoms with Crippen LogP contribution in [0, 0.1) is 0 Å². The Balaban J connectivity index is 1.31. The van der Waals surface area contributed by atoms with Gasteiger partial charge in [-0.15, -0.1) is 0 Å². The van der Waals surface area contributed by atoms with E-state index in [0.29, 0.717) is 12.0 Å². The van der Waals surface area contributed by atoms with Gasteiger partial charge in [-0.2, -0.15) is 0 Å². The van der Waals surface area contributed by atoms with Crippen molar-refractivity contribution in [3.8, 4) is 0 Å². The van der Waals surface area contributed by atoms with Crippen LogP contribution >= 0.6 is 11.8 Å². The second-order valence-corrected chi connectivity index (χ2v) is 8.90. The lowest BCUT2D eigenvalue weighted by atomic mass is 9.92. The fraction of sp³-hybridized carbons (Fsp3) is 0.800. The zero-order valence-electron chi connectivity index (χ0n) is 15.8. The lowest BCUT2D eigenvalue weighted by Gasteiger charge is -2.39. The van der Waals surface area contributed by atoms with Crippen molar-refractivity contribution in [2.45, 2.75) is 55.6 Å². The molecule has 1 aromatic rings. The van der Waals surface area contributed by atoms with Crippen LogP contribution in [-0.2, 0) is 4.74 Å². The number of thioether (sulfide) groups is 1. The first kappa shape index (κ1) is 18.7. The van der Waals surface area contributed by atoms with Crippen molar-refractivity contribution in [1.82, 2.24) is 19.8 Å². The average Bonchev–Trinajstić information content (AvgIpc) is 3.23. The Morgan fingerprint density at radius 3 is 2.77 bits per heavy atom. The third-order valence-electron chi connectivity index (χ3n) is 6.07. The van der Waals surface area contributed by atoms with Gasteiger partial charge in [0, 0.05) is 55.9 Å². The summed E-state index contributed by atoms with van der Waals surface area (Å²) in [7, 11) is 0. The minimum Gasteiger partial charge on any atom is -0.381 e. The average molecular weight is 377 g/mol. The minimum atomic E-state index is 0.563. The summed E-state index contributed by atoms with van der Waals surface area (Å²) < 4.78 is 5.54. The molecule has 0 radical (unpaired) electrons. The number of aromatic nitrogens is 2. The summed E-state index contributed by atoms with van der Waals surface area (Å²) >= 11 is 1.82. The first-order valence-electron chi connectivity index (χ1n) is 10.4. The molecule has 144 valence electrons. The smallest absolute Gasteiger partial charge is 0.187 e. The molecule has 4 heterocycles. The molecule has 0 aliphatic carbocycles. The molecule has 3 fully saturated rings. The van der Waals surface area contributed by atoms with Gasteiger partial charge in [0.25, 0.3) is 0 Å². The lowest BCUT2D eigenvalue weighted by molar-refractivity contribution is 0.0237. The Morgan fingerprint density at radius 2 is 1.92 bits per heavy atom. The van der Waals surface area contributed by atoms with E-state index in [4.69, 9.17) is 9.72 Å². The highest BCUT2D eigenvalue weighted by Crippen LogP contribution is 2.29. The number of hydrogen-bond acceptors (Lipinski definition) is 6. The molecule has 0 amide bonds. The molecule has 3 aliphatic heterocycles. The highest BCUT2D eigenvalue weighted by molar-refractivity contribution is 7.99. The largest absolute Gasteiger partial charge is 0.381 e. The normalized spacial score (nSPS) is 26.4. The van der Waals surface area contributed by atoms with Gasteiger partial charge in [0.05, 0.1) is 0 Å². The fourth-order valence-corrected chi connectivity index (χ4v) is 5.39. The van der Waals surface area contributed by atoms with Crippen molar-refractivity contribution in [2.24, 2.45) is 0 Å². The Hall–Kier alpha value is -0.690. The van der Waals surface area contributed by atoms with Gasteiger partial charge in [-0.1, -0.05) is 11.8 Å². The maximum absolute atomic E-state index is 5.54. The van der Waals surface area contributed by atoms with Crippen molar-refractivity contribution in [3.63, 3.8) is 0 Å². The van der Waals surface area contributed by atoms with E-state index in [-0.39, 0.29) is 0 Å². The van der Waals surface area contributed by atoms with Crippen molar-refractivity contribution < 1.29 is 4.74 Å². The first-order chi connectivity index (χ1) is 12.9. The van der Waals surface area contributed by atoms with Crippen LogP contribution in [0.3, 0.4) is 0 Å². The second-order valence-electron chi connectivity index (χ2n) is 7.84. The SMILES string of the molecule is c1cc([C@@H]2CCCN(C3CCOCC3)C2)nc(SCCN2CCCC2)n1. The van der Waals surface area contributed by atoms with Gasteiger partial charge in [0.2, 0.25) is 0 Å². The van der Waals surface area contributed by atoms with Crippen LogP contribution in [0.2, 0.25) is 0 Å². The van der Waals surface area contributed by atoms with Gasteiger partial charge in [-0.05, 0) is 64.2 Å². The van der Waals surface area contributed by atoms with Gasteiger partial charge in [0.15, 0.2) is 5.16 Å². The summed E-state index contributed by atoms with van der Waals surface area (Å²) in [5.74, 6) is 1.66. The standard InChI is InChI=1S/C20H32N4OS/c1-2-10-23(9-1)12-15-26-20-21-8-5-19(22-20)17-4-3-11-24(16-17)18-6-13-25-14-7-18/h5,8,17-18H,1-4,6-7,9-16H2/t17-/m1/s1. The monoisotopic (exact) mass is 376 g/mol. The summed E-state index contributed by atoms with van der Waals surface area (Å²) in [6.45, 7) is 7.95. The molecule has 3 saturated heterocycles. The highest BCUT2D eigenvalue weighted by Gasteiger charge is 2.28. The lowest BCUT2D eigenvalue weighted by Crippen LogP contribution is -2.44. The zero-order valence-corrected chi connectivity index (χ0v) is 16.6. The molecule has 4 rings (SSSR count). The van der Waals surface area contributed by atoms with Gasteiger partial charge in [-0.3, -0.25) is 4.90 Å². The molecule has 0 aromatic carbocycles. The van der Waals surface area contributed by atoms with Gasteiger partial charge in [-0.25, -0.2) is 9.97 Å². The van der Waals surface area contributed by atoms with Crippen LogP contribution in [0.4, 0.5) is 0 Å². The van der Waals surface area contributed by atoms with Gasteiger partial charge >= 0.3 is 0 Å². The predicted molar refractivity (Wildman–Crippen MR) is 106 cm³/mol. The predicted octanol–water partition coefficient (Wildman–Crippen LogP) is 3.02. The molecule has 6 heteroatoms. The van der Waals surface area contributed by atoms with E-state index in [1.54, 1.807) is 0 Å². The summed E-state index contributed by atoms with van der Waals surface area (Å²) in [5.41, 5.74) is 1.25. The number of hydrogen-bond donors (Lipinski definition) is 0. The fourth-order valence-electron chi connectivity index (χ4n) is 4.55. The van der Waals surface area contributed by atoms with Gasteiger partial charge in [0.1, 0.15) is 0 Å². The number of likely N-dealkylation sites (tertiary alicyclic amines) is 2. The number of piperidine rings is 1. The topological polar surface area (TPSA) is 41.5 Å². The van der Waals surface area contributed by atoms with Crippen molar-refractivity contribution in [2.75, 3.05) is 51.7 Å². The Bertz CT molecular complexity index is 560. The molecule has 0 spiro atoms. The molecular formula is C20H32N4OS. The Morgan fingerprint density at radius 1 is 1.08 bits per heavy atom. The summed E-state index contributed by atoms with van der Waals surface area (Å²) in [5, 5.41) is 0.963. The van der Waals surface area contributed by atoms with Crippen LogP contribution in [0.25, 0.3) is 0 Å². The first-order valence-corrected chi connectivity index (χ1v) is 11.4. The van der Waals surface area contributed by atoms with Crippen LogP contribution in [-0.4, -0.2) is 77.5 Å². The van der Waals surface area contributed by atoms with E-state index >= 15 is 0 Å². The van der Waals surface area contributed by atoms with E-state index < -0.39 is 0 Å². The Labute approximate surface area is 161 Å². The molecular weight excluding hydrogens is 344 g/mol. The highest BCUT2D eigenvalue weighted by atomic mass is 32.2. The third kappa shape index (κ3) is 4.97. The number of nitrogens with zero attached hydrogens (tertiary/aromatic N) is 4. The second kappa shape index (κ2) is 9.49. The molecule has 0 saturated carbocycles. The molecule has 3 aliphatic rings. The maximum atomic E-state index is 5.54. The molecule has 1 aromatic heterocycles. The quantitative estimate of drug-likeness (QED) is 0.562. The van der Waals surface area contributed by atoms with E-state index in [9.17, 15) is 0 Å². The van der Waals surface area contributed by atoms with Crippen LogP contribution in [0.15, 0.2) is 17.4 Å².